The number of anilines is 1. The highest BCUT2D eigenvalue weighted by atomic mass is 35.5. The molecule has 1 fully saturated rings. The lowest BCUT2D eigenvalue weighted by Crippen LogP contribution is -2.24. The molecule has 4 nitrogen and oxygen atoms in total. The Kier molecular flexibility index (Phi) is 4.74. The van der Waals surface area contributed by atoms with E-state index in [2.05, 4.69) is 19.9 Å². The number of carbonyl (C=O) groups excluding carboxylic acids is 1. The molecule has 1 saturated heterocycles. The maximum absolute atomic E-state index is 12.9. The first-order valence-corrected chi connectivity index (χ1v) is 10.4. The van der Waals surface area contributed by atoms with Gasteiger partial charge in [0.1, 0.15) is 4.91 Å². The molecule has 27 heavy (non-hydrogen) atoms. The van der Waals surface area contributed by atoms with Crippen molar-refractivity contribution in [1.82, 2.24) is 4.90 Å². The minimum Gasteiger partial charge on any atom is -0.337 e. The summed E-state index contributed by atoms with van der Waals surface area (Å²) in [4.78, 5) is 23.0. The molecule has 1 amide bonds. The summed E-state index contributed by atoms with van der Waals surface area (Å²) in [5.74, 6) is -0.0316. The first-order chi connectivity index (χ1) is 12.8. The number of halogens is 1. The molecule has 0 aromatic heterocycles. The zero-order valence-corrected chi connectivity index (χ0v) is 17.8. The Bertz CT molecular complexity index is 1030. The third-order valence-electron chi connectivity index (χ3n) is 4.68. The zero-order chi connectivity index (χ0) is 19.3. The Morgan fingerprint density at radius 1 is 0.963 bits per heavy atom. The van der Waals surface area contributed by atoms with E-state index in [1.54, 1.807) is 23.7 Å². The van der Waals surface area contributed by atoms with E-state index in [4.69, 9.17) is 16.6 Å². The highest BCUT2D eigenvalue weighted by Gasteiger charge is 2.37. The van der Waals surface area contributed by atoms with E-state index in [1.165, 1.54) is 22.9 Å². The molecule has 2 aliphatic heterocycles. The van der Waals surface area contributed by atoms with Crippen LogP contribution < -0.4 is 4.90 Å². The Morgan fingerprint density at radius 2 is 1.74 bits per heavy atom. The molecular formula is C20H18ClN3OS2. The number of aliphatic imine (C=N–C) groups is 1. The second kappa shape index (κ2) is 6.93. The fourth-order valence-corrected chi connectivity index (χ4v) is 5.38. The Balaban J connectivity index is 1.70. The maximum Gasteiger partial charge on any atom is 0.269 e. The van der Waals surface area contributed by atoms with E-state index in [0.29, 0.717) is 15.1 Å². The molecule has 0 bridgehead atoms. The Morgan fingerprint density at radius 3 is 2.48 bits per heavy atom. The van der Waals surface area contributed by atoms with Crippen LogP contribution in [0.15, 0.2) is 56.2 Å². The van der Waals surface area contributed by atoms with Crippen LogP contribution in [0.4, 0.5) is 11.4 Å². The first-order valence-electron chi connectivity index (χ1n) is 8.42. The fourth-order valence-electron chi connectivity index (χ4n) is 2.90. The van der Waals surface area contributed by atoms with Crippen LogP contribution in [-0.4, -0.2) is 30.1 Å². The topological polar surface area (TPSA) is 35.9 Å². The fraction of sp³-hybridized carbons (Fsp3) is 0.200. The number of amides is 1. The molecule has 138 valence electrons. The van der Waals surface area contributed by atoms with Crippen LogP contribution in [0.2, 0.25) is 5.02 Å². The molecule has 2 heterocycles. The predicted octanol–water partition coefficient (Wildman–Crippen LogP) is 5.56. The lowest BCUT2D eigenvalue weighted by atomic mass is 10.1. The lowest BCUT2D eigenvalue weighted by Gasteiger charge is -2.14. The number of fused-ring (bicyclic) bond motifs is 1. The highest BCUT2D eigenvalue weighted by molar-refractivity contribution is 8.19. The van der Waals surface area contributed by atoms with Crippen molar-refractivity contribution in [1.29, 1.82) is 0 Å². The smallest absolute Gasteiger partial charge is 0.269 e. The highest BCUT2D eigenvalue weighted by Crippen LogP contribution is 2.50. The molecule has 0 unspecified atom stereocenters. The van der Waals surface area contributed by atoms with Gasteiger partial charge in [0.25, 0.3) is 5.91 Å². The Hall–Kier alpha value is -1.89. The molecule has 2 aromatic carbocycles. The van der Waals surface area contributed by atoms with E-state index in [9.17, 15) is 4.79 Å². The third-order valence-corrected chi connectivity index (χ3v) is 7.40. The molecule has 0 N–H and O–H groups in total. The summed E-state index contributed by atoms with van der Waals surface area (Å²) < 4.78 is 0. The van der Waals surface area contributed by atoms with Gasteiger partial charge in [0.2, 0.25) is 0 Å². The van der Waals surface area contributed by atoms with Gasteiger partial charge in [0.15, 0.2) is 5.17 Å². The van der Waals surface area contributed by atoms with Crippen molar-refractivity contribution < 1.29 is 4.79 Å². The summed E-state index contributed by atoms with van der Waals surface area (Å²) in [6.07, 6.45) is 0. The van der Waals surface area contributed by atoms with Gasteiger partial charge in [-0.1, -0.05) is 29.4 Å². The summed E-state index contributed by atoms with van der Waals surface area (Å²) in [5, 5.41) is 2.29. The molecule has 0 saturated carbocycles. The van der Waals surface area contributed by atoms with E-state index in [1.807, 2.05) is 42.3 Å². The molecular weight excluding hydrogens is 398 g/mol. The van der Waals surface area contributed by atoms with Crippen LogP contribution in [0.25, 0.3) is 0 Å². The third kappa shape index (κ3) is 3.26. The number of hydrogen-bond donors (Lipinski definition) is 0. The number of amidine groups is 1. The summed E-state index contributed by atoms with van der Waals surface area (Å²) in [6.45, 7) is 4.14. The van der Waals surface area contributed by atoms with Crippen LogP contribution >= 0.6 is 35.1 Å². The van der Waals surface area contributed by atoms with Crippen molar-refractivity contribution in [3.63, 3.8) is 0 Å². The average Bonchev–Trinajstić information content (AvgIpc) is 3.10. The van der Waals surface area contributed by atoms with Gasteiger partial charge >= 0.3 is 0 Å². The lowest BCUT2D eigenvalue weighted by molar-refractivity contribution is -0.121. The molecule has 0 aliphatic carbocycles. The van der Waals surface area contributed by atoms with E-state index in [-0.39, 0.29) is 5.91 Å². The van der Waals surface area contributed by atoms with E-state index >= 15 is 0 Å². The van der Waals surface area contributed by atoms with Gasteiger partial charge in [0.05, 0.1) is 16.4 Å². The van der Waals surface area contributed by atoms with Crippen LogP contribution in [0, 0.1) is 13.8 Å². The van der Waals surface area contributed by atoms with Gasteiger partial charge in [0, 0.05) is 24.0 Å². The normalized spacial score (nSPS) is 20.8. The number of hydrogen-bond acceptors (Lipinski definition) is 5. The van der Waals surface area contributed by atoms with Crippen molar-refractivity contribution in [2.75, 3.05) is 19.0 Å². The molecule has 7 heteroatoms. The number of aryl methyl sites for hydroxylation is 2. The van der Waals surface area contributed by atoms with E-state index in [0.717, 1.165) is 21.3 Å². The number of likely N-dealkylation sites (N-methyl/N-ethyl adjacent to an activating group) is 1. The molecule has 2 aliphatic rings. The first kappa shape index (κ1) is 18.5. The monoisotopic (exact) mass is 415 g/mol. The molecule has 4 rings (SSSR count). The standard InChI is InChI=1S/C20H18ClN3OS2/c1-11-5-7-14(9-12(11)2)22-20-24(4)18(25)17(27-20)19-23(3)15-10-13(21)6-8-16(15)26-19/h5-10H,1-4H3/b19-17-,22-20?. The number of thioether (sulfide) groups is 2. The molecule has 2 aromatic rings. The van der Waals surface area contributed by atoms with Crippen LogP contribution in [0.5, 0.6) is 0 Å². The minimum absolute atomic E-state index is 0.0316. The second-order valence-corrected chi connectivity index (χ2v) is 8.98. The summed E-state index contributed by atoms with van der Waals surface area (Å²) in [6, 6.07) is 11.9. The van der Waals surface area contributed by atoms with Crippen molar-refractivity contribution in [2.24, 2.45) is 4.99 Å². The number of carbonyl (C=O) groups is 1. The Labute approximate surface area is 172 Å². The van der Waals surface area contributed by atoms with Gasteiger partial charge in [-0.2, -0.15) is 0 Å². The van der Waals surface area contributed by atoms with Gasteiger partial charge < -0.3 is 4.90 Å². The van der Waals surface area contributed by atoms with Gasteiger partial charge in [-0.25, -0.2) is 4.99 Å². The largest absolute Gasteiger partial charge is 0.337 e. The van der Waals surface area contributed by atoms with Crippen molar-refractivity contribution >= 4 is 57.6 Å². The van der Waals surface area contributed by atoms with Gasteiger partial charge in [-0.3, -0.25) is 9.69 Å². The van der Waals surface area contributed by atoms with Crippen molar-refractivity contribution in [3.8, 4) is 0 Å². The molecule has 0 atom stereocenters. The van der Waals surface area contributed by atoms with Crippen molar-refractivity contribution in [2.45, 2.75) is 18.7 Å². The van der Waals surface area contributed by atoms with Crippen LogP contribution in [0.3, 0.4) is 0 Å². The van der Waals surface area contributed by atoms with Crippen LogP contribution in [0.1, 0.15) is 11.1 Å². The van der Waals surface area contributed by atoms with Gasteiger partial charge in [-0.05, 0) is 67.1 Å². The van der Waals surface area contributed by atoms with Gasteiger partial charge in [-0.15, -0.1) is 0 Å². The molecule has 0 spiro atoms. The number of nitrogens with zero attached hydrogens (tertiary/aromatic N) is 3. The summed E-state index contributed by atoms with van der Waals surface area (Å²) in [7, 11) is 3.73. The predicted molar refractivity (Wildman–Crippen MR) is 116 cm³/mol. The number of benzene rings is 2. The molecule has 0 radical (unpaired) electrons. The minimum atomic E-state index is -0.0316. The summed E-state index contributed by atoms with van der Waals surface area (Å²) in [5.41, 5.74) is 4.29. The van der Waals surface area contributed by atoms with E-state index < -0.39 is 0 Å². The second-order valence-electron chi connectivity index (χ2n) is 6.54. The summed E-state index contributed by atoms with van der Waals surface area (Å²) >= 11 is 9.14. The quantitative estimate of drug-likeness (QED) is 0.571. The average molecular weight is 416 g/mol. The van der Waals surface area contributed by atoms with Crippen molar-refractivity contribution in [3.05, 3.63) is 62.5 Å². The maximum atomic E-state index is 12.9. The SMILES string of the molecule is Cc1ccc(N=C2S/C(=C3\Sc4ccc(Cl)cc4N3C)C(=O)N2C)cc1C. The zero-order valence-electron chi connectivity index (χ0n) is 15.4. The van der Waals surface area contributed by atoms with Crippen LogP contribution in [-0.2, 0) is 4.79 Å². The number of rotatable bonds is 1.